The van der Waals surface area contributed by atoms with Gasteiger partial charge in [-0.15, -0.1) is 0 Å². The van der Waals surface area contributed by atoms with Gasteiger partial charge in [0.25, 0.3) is 5.91 Å². The van der Waals surface area contributed by atoms with Gasteiger partial charge in [0.1, 0.15) is 5.75 Å². The molecule has 0 bridgehead atoms. The number of benzene rings is 2. The van der Waals surface area contributed by atoms with Crippen molar-refractivity contribution in [3.05, 3.63) is 65.7 Å². The van der Waals surface area contributed by atoms with E-state index in [9.17, 15) is 9.59 Å². The third kappa shape index (κ3) is 5.64. The van der Waals surface area contributed by atoms with Gasteiger partial charge < -0.3 is 15.2 Å². The van der Waals surface area contributed by atoms with Crippen LogP contribution in [-0.4, -0.2) is 29.6 Å². The zero-order valence-corrected chi connectivity index (χ0v) is 14.4. The number of carbonyl (C=O) groups excluding carboxylic acids is 1. The second-order valence-corrected chi connectivity index (χ2v) is 6.14. The predicted molar refractivity (Wildman–Crippen MR) is 95.8 cm³/mol. The van der Waals surface area contributed by atoms with Gasteiger partial charge in [-0.2, -0.15) is 0 Å². The van der Waals surface area contributed by atoms with E-state index in [0.29, 0.717) is 17.9 Å². The van der Waals surface area contributed by atoms with E-state index in [1.165, 1.54) is 5.56 Å². The summed E-state index contributed by atoms with van der Waals surface area (Å²) in [5.41, 5.74) is 1.68. The monoisotopic (exact) mass is 341 g/mol. The summed E-state index contributed by atoms with van der Waals surface area (Å²) in [6.07, 6.45) is -0.145. The van der Waals surface area contributed by atoms with E-state index in [0.717, 1.165) is 6.42 Å². The van der Waals surface area contributed by atoms with Crippen LogP contribution >= 0.6 is 0 Å². The van der Waals surface area contributed by atoms with Crippen molar-refractivity contribution in [3.63, 3.8) is 0 Å². The molecular formula is C20H23NO4. The van der Waals surface area contributed by atoms with Crippen LogP contribution in [0.3, 0.4) is 0 Å². The van der Waals surface area contributed by atoms with Crippen LogP contribution in [-0.2, 0) is 11.2 Å². The van der Waals surface area contributed by atoms with E-state index in [4.69, 9.17) is 9.84 Å². The van der Waals surface area contributed by atoms with Crippen molar-refractivity contribution < 1.29 is 19.4 Å². The highest BCUT2D eigenvalue weighted by molar-refractivity contribution is 5.94. The maximum absolute atomic E-state index is 12.1. The highest BCUT2D eigenvalue weighted by Gasteiger charge is 2.23. The molecule has 25 heavy (non-hydrogen) atoms. The molecule has 0 radical (unpaired) electrons. The van der Waals surface area contributed by atoms with Crippen LogP contribution in [0.2, 0.25) is 0 Å². The molecule has 0 heterocycles. The summed E-state index contributed by atoms with van der Waals surface area (Å²) in [5.74, 6) is -0.890. The quantitative estimate of drug-likeness (QED) is 0.773. The Balaban J connectivity index is 1.88. The number of carboxylic acid groups (broad SMARTS) is 1. The average molecular weight is 341 g/mol. The molecule has 1 unspecified atom stereocenters. The zero-order chi connectivity index (χ0) is 18.2. The number of carbonyl (C=O) groups is 2. The minimum atomic E-state index is -1.00. The lowest BCUT2D eigenvalue weighted by molar-refractivity contribution is -0.147. The topological polar surface area (TPSA) is 75.6 Å². The molecule has 0 spiro atoms. The zero-order valence-electron chi connectivity index (χ0n) is 14.4. The van der Waals surface area contributed by atoms with Crippen LogP contribution in [0.4, 0.5) is 0 Å². The predicted octanol–water partition coefficient (Wildman–Crippen LogP) is 3.15. The fourth-order valence-corrected chi connectivity index (χ4v) is 2.37. The number of amides is 1. The van der Waals surface area contributed by atoms with E-state index < -0.39 is 12.1 Å². The van der Waals surface area contributed by atoms with Crippen LogP contribution in [0.5, 0.6) is 5.75 Å². The molecule has 132 valence electrons. The van der Waals surface area contributed by atoms with Gasteiger partial charge in [0.2, 0.25) is 0 Å². The average Bonchev–Trinajstić information content (AvgIpc) is 2.60. The van der Waals surface area contributed by atoms with Gasteiger partial charge in [-0.25, -0.2) is 4.79 Å². The lowest BCUT2D eigenvalue weighted by atomic mass is 10.1. The van der Waals surface area contributed by atoms with Crippen LogP contribution in [0.25, 0.3) is 0 Å². The molecule has 0 saturated heterocycles. The number of rotatable bonds is 8. The standard InChI is InChI=1S/C20H23NO4/c1-14(2)18(20(23)24)25-17-10-8-16(9-11-17)19(22)21-13-12-15-6-4-3-5-7-15/h3-11,14,18H,12-13H2,1-2H3,(H,21,22)(H,23,24). The Kier molecular flexibility index (Phi) is 6.57. The molecule has 2 N–H and O–H groups in total. The van der Waals surface area contributed by atoms with Gasteiger partial charge in [-0.05, 0) is 36.2 Å². The Morgan fingerprint density at radius 2 is 1.68 bits per heavy atom. The second kappa shape index (κ2) is 8.87. The maximum Gasteiger partial charge on any atom is 0.345 e. The molecule has 1 amide bonds. The van der Waals surface area contributed by atoms with Crippen molar-refractivity contribution in [1.82, 2.24) is 5.32 Å². The highest BCUT2D eigenvalue weighted by atomic mass is 16.5. The van der Waals surface area contributed by atoms with E-state index in [-0.39, 0.29) is 11.8 Å². The minimum absolute atomic E-state index is 0.154. The summed E-state index contributed by atoms with van der Waals surface area (Å²) in [5, 5.41) is 12.0. The minimum Gasteiger partial charge on any atom is -0.478 e. The Hall–Kier alpha value is -2.82. The fraction of sp³-hybridized carbons (Fsp3) is 0.300. The lowest BCUT2D eigenvalue weighted by Crippen LogP contribution is -2.32. The van der Waals surface area contributed by atoms with Gasteiger partial charge in [-0.1, -0.05) is 44.2 Å². The first-order chi connectivity index (χ1) is 12.0. The maximum atomic E-state index is 12.1. The molecule has 2 aromatic rings. The normalized spacial score (nSPS) is 11.8. The molecule has 5 nitrogen and oxygen atoms in total. The number of carboxylic acids is 1. The van der Waals surface area contributed by atoms with E-state index in [2.05, 4.69) is 5.32 Å². The third-order valence-corrected chi connectivity index (χ3v) is 3.77. The first-order valence-corrected chi connectivity index (χ1v) is 8.29. The highest BCUT2D eigenvalue weighted by Crippen LogP contribution is 2.17. The largest absolute Gasteiger partial charge is 0.478 e. The molecule has 0 aliphatic heterocycles. The van der Waals surface area contributed by atoms with Crippen LogP contribution in [0.1, 0.15) is 29.8 Å². The summed E-state index contributed by atoms with van der Waals surface area (Å²) >= 11 is 0. The van der Waals surface area contributed by atoms with Crippen molar-refractivity contribution in [3.8, 4) is 5.75 Å². The Morgan fingerprint density at radius 3 is 2.24 bits per heavy atom. The van der Waals surface area contributed by atoms with Crippen LogP contribution in [0, 0.1) is 5.92 Å². The van der Waals surface area contributed by atoms with Gasteiger partial charge in [0.15, 0.2) is 6.10 Å². The summed E-state index contributed by atoms with van der Waals surface area (Å²) in [6.45, 7) is 4.12. The van der Waals surface area contributed by atoms with Gasteiger partial charge in [0, 0.05) is 18.0 Å². The summed E-state index contributed by atoms with van der Waals surface area (Å²) in [4.78, 5) is 23.3. The third-order valence-electron chi connectivity index (χ3n) is 3.77. The van der Waals surface area contributed by atoms with Crippen molar-refractivity contribution in [1.29, 1.82) is 0 Å². The molecular weight excluding hydrogens is 318 g/mol. The molecule has 1 atom stereocenters. The van der Waals surface area contributed by atoms with Crippen molar-refractivity contribution in [2.45, 2.75) is 26.4 Å². The summed E-state index contributed by atoms with van der Waals surface area (Å²) in [6, 6.07) is 16.4. The smallest absolute Gasteiger partial charge is 0.345 e. The number of hydrogen-bond donors (Lipinski definition) is 2. The van der Waals surface area contributed by atoms with Gasteiger partial charge in [0.05, 0.1) is 0 Å². The summed E-state index contributed by atoms with van der Waals surface area (Å²) < 4.78 is 5.48. The molecule has 0 aliphatic carbocycles. The van der Waals surface area contributed by atoms with Gasteiger partial charge in [-0.3, -0.25) is 4.79 Å². The number of aliphatic carboxylic acids is 1. The van der Waals surface area contributed by atoms with E-state index in [1.807, 2.05) is 30.3 Å². The molecule has 2 aromatic carbocycles. The SMILES string of the molecule is CC(C)C(Oc1ccc(C(=O)NCCc2ccccc2)cc1)C(=O)O. The fourth-order valence-electron chi connectivity index (χ4n) is 2.37. The van der Waals surface area contributed by atoms with Crippen LogP contribution < -0.4 is 10.1 Å². The molecule has 0 fully saturated rings. The van der Waals surface area contributed by atoms with Crippen molar-refractivity contribution in [2.24, 2.45) is 5.92 Å². The molecule has 0 aromatic heterocycles. The Labute approximate surface area is 147 Å². The van der Waals surface area contributed by atoms with Crippen molar-refractivity contribution >= 4 is 11.9 Å². The van der Waals surface area contributed by atoms with E-state index in [1.54, 1.807) is 38.1 Å². The van der Waals surface area contributed by atoms with Crippen molar-refractivity contribution in [2.75, 3.05) is 6.54 Å². The lowest BCUT2D eigenvalue weighted by Gasteiger charge is -2.18. The van der Waals surface area contributed by atoms with Crippen LogP contribution in [0.15, 0.2) is 54.6 Å². The van der Waals surface area contributed by atoms with E-state index >= 15 is 0 Å². The first kappa shape index (κ1) is 18.5. The second-order valence-electron chi connectivity index (χ2n) is 6.14. The summed E-state index contributed by atoms with van der Waals surface area (Å²) in [7, 11) is 0. The first-order valence-electron chi connectivity index (χ1n) is 8.29. The number of ether oxygens (including phenoxy) is 1. The number of nitrogens with one attached hydrogen (secondary N) is 1. The Bertz CT molecular complexity index is 695. The van der Waals surface area contributed by atoms with Gasteiger partial charge >= 0.3 is 5.97 Å². The number of hydrogen-bond acceptors (Lipinski definition) is 3. The molecule has 2 rings (SSSR count). The molecule has 0 saturated carbocycles. The molecule has 5 heteroatoms. The molecule has 0 aliphatic rings. The Morgan fingerprint density at radius 1 is 1.04 bits per heavy atom.